The van der Waals surface area contributed by atoms with E-state index in [0.717, 1.165) is 40.9 Å². The predicted molar refractivity (Wildman–Crippen MR) is 109 cm³/mol. The van der Waals surface area contributed by atoms with Crippen LogP contribution in [0.2, 0.25) is 0 Å². The van der Waals surface area contributed by atoms with Crippen LogP contribution in [0.3, 0.4) is 0 Å². The maximum absolute atomic E-state index is 5.16. The number of hydrogen-bond donors (Lipinski definition) is 3. The molecule has 6 nitrogen and oxygen atoms in total. The summed E-state index contributed by atoms with van der Waals surface area (Å²) >= 11 is 5.16. The Morgan fingerprint density at radius 3 is 3.00 bits per heavy atom. The molecule has 0 aliphatic rings. The van der Waals surface area contributed by atoms with Crippen LogP contribution in [0.4, 0.5) is 5.69 Å². The van der Waals surface area contributed by atoms with Crippen LogP contribution >= 0.6 is 12.2 Å². The Balaban J connectivity index is 1.63. The van der Waals surface area contributed by atoms with Gasteiger partial charge < -0.3 is 20.4 Å². The smallest absolute Gasteiger partial charge is 0.207 e. The molecule has 0 atom stereocenters. The van der Waals surface area contributed by atoms with E-state index in [-0.39, 0.29) is 0 Å². The number of nitrogens with zero attached hydrogens (tertiary/aromatic N) is 2. The molecule has 0 aliphatic carbocycles. The summed E-state index contributed by atoms with van der Waals surface area (Å²) in [5, 5.41) is 7.98. The minimum absolute atomic E-state index is 0.415. The molecule has 134 valence electrons. The Kier molecular flexibility index (Phi) is 5.80. The molecule has 26 heavy (non-hydrogen) atoms. The van der Waals surface area contributed by atoms with Gasteiger partial charge in [0.15, 0.2) is 0 Å². The zero-order valence-corrected chi connectivity index (χ0v) is 15.6. The Morgan fingerprint density at radius 2 is 2.19 bits per heavy atom. The molecule has 3 aromatic heterocycles. The van der Waals surface area contributed by atoms with E-state index in [1.54, 1.807) is 19.5 Å². The number of rotatable bonds is 7. The lowest BCUT2D eigenvalue weighted by molar-refractivity contribution is 0.412. The third-order valence-electron chi connectivity index (χ3n) is 3.94. The van der Waals surface area contributed by atoms with E-state index in [4.69, 9.17) is 17.0 Å². The highest BCUT2D eigenvalue weighted by Crippen LogP contribution is 2.14. The highest BCUT2D eigenvalue weighted by atomic mass is 32.1. The highest BCUT2D eigenvalue weighted by molar-refractivity contribution is 7.80. The quantitative estimate of drug-likeness (QED) is 0.440. The fourth-order valence-electron chi connectivity index (χ4n) is 2.62. The Labute approximate surface area is 157 Å². The molecular formula is C19H21N5OS. The van der Waals surface area contributed by atoms with Crippen LogP contribution in [-0.2, 0) is 11.2 Å². The maximum Gasteiger partial charge on any atom is 0.207 e. The van der Waals surface area contributed by atoms with Gasteiger partial charge in [0.2, 0.25) is 5.05 Å². The first-order valence-corrected chi connectivity index (χ1v) is 8.69. The Hall–Kier alpha value is -2.93. The molecule has 3 rings (SSSR count). The summed E-state index contributed by atoms with van der Waals surface area (Å²) < 4.78 is 5.10. The fourth-order valence-corrected chi connectivity index (χ4v) is 2.78. The SMILES string of the molecule is CN/C(=C\c1cncc(NCCc2cnc3[nH]ccc3c2)c1)C(=S)OC. The third-order valence-corrected chi connectivity index (χ3v) is 4.33. The minimum Gasteiger partial charge on any atom is -0.485 e. The zero-order valence-electron chi connectivity index (χ0n) is 14.7. The van der Waals surface area contributed by atoms with Gasteiger partial charge in [-0.15, -0.1) is 0 Å². The van der Waals surface area contributed by atoms with Crippen LogP contribution in [0, 0.1) is 0 Å². The highest BCUT2D eigenvalue weighted by Gasteiger charge is 2.04. The van der Waals surface area contributed by atoms with Crippen molar-refractivity contribution in [2.45, 2.75) is 6.42 Å². The van der Waals surface area contributed by atoms with E-state index in [9.17, 15) is 0 Å². The maximum atomic E-state index is 5.16. The molecule has 7 heteroatoms. The number of ether oxygens (including phenoxy) is 1. The molecule has 0 saturated carbocycles. The molecule has 3 aromatic rings. The van der Waals surface area contributed by atoms with E-state index in [1.807, 2.05) is 37.7 Å². The molecule has 3 N–H and O–H groups in total. The van der Waals surface area contributed by atoms with Gasteiger partial charge in [0.1, 0.15) is 5.65 Å². The van der Waals surface area contributed by atoms with Crippen LogP contribution < -0.4 is 10.6 Å². The summed E-state index contributed by atoms with van der Waals surface area (Å²) in [6.07, 6.45) is 10.2. The topological polar surface area (TPSA) is 74.9 Å². The second kappa shape index (κ2) is 8.44. The number of H-pyrrole nitrogens is 1. The predicted octanol–water partition coefficient (Wildman–Crippen LogP) is 3.15. The number of aromatic amines is 1. The van der Waals surface area contributed by atoms with E-state index >= 15 is 0 Å². The summed E-state index contributed by atoms with van der Waals surface area (Å²) in [5.41, 5.74) is 4.74. The number of hydrogen-bond acceptors (Lipinski definition) is 6. The number of pyridine rings is 2. The third kappa shape index (κ3) is 4.37. The van der Waals surface area contributed by atoms with Crippen molar-refractivity contribution in [3.8, 4) is 0 Å². The Morgan fingerprint density at radius 1 is 1.31 bits per heavy atom. The second-order valence-electron chi connectivity index (χ2n) is 5.74. The van der Waals surface area contributed by atoms with Gasteiger partial charge >= 0.3 is 0 Å². The van der Waals surface area contributed by atoms with Crippen LogP contribution in [-0.4, -0.2) is 40.7 Å². The summed E-state index contributed by atoms with van der Waals surface area (Å²) in [6.45, 7) is 0.793. The van der Waals surface area contributed by atoms with Gasteiger partial charge in [-0.3, -0.25) is 4.98 Å². The first kappa shape index (κ1) is 17.9. The van der Waals surface area contributed by atoms with Gasteiger partial charge in [0, 0.05) is 43.8 Å². The van der Waals surface area contributed by atoms with Crippen molar-refractivity contribution in [2.24, 2.45) is 0 Å². The summed E-state index contributed by atoms with van der Waals surface area (Å²) in [7, 11) is 3.37. The van der Waals surface area contributed by atoms with E-state index in [2.05, 4.69) is 31.7 Å². The van der Waals surface area contributed by atoms with Crippen molar-refractivity contribution in [3.05, 3.63) is 59.8 Å². The molecular weight excluding hydrogens is 346 g/mol. The number of likely N-dealkylation sites (N-methyl/N-ethyl adjacent to an activating group) is 1. The molecule has 0 spiro atoms. The van der Waals surface area contributed by atoms with Crippen molar-refractivity contribution < 1.29 is 4.74 Å². The largest absolute Gasteiger partial charge is 0.485 e. The molecule has 0 radical (unpaired) electrons. The number of aromatic nitrogens is 3. The molecule has 0 bridgehead atoms. The molecule has 0 aromatic carbocycles. The normalized spacial score (nSPS) is 11.4. The van der Waals surface area contributed by atoms with Gasteiger partial charge in [-0.05, 0) is 54.0 Å². The lowest BCUT2D eigenvalue weighted by atomic mass is 10.1. The molecule has 0 aliphatic heterocycles. The summed E-state index contributed by atoms with van der Waals surface area (Å²) in [6, 6.07) is 6.21. The average Bonchev–Trinajstić information content (AvgIpc) is 3.13. The fraction of sp³-hybridized carbons (Fsp3) is 0.211. The number of fused-ring (bicyclic) bond motifs is 1. The van der Waals surface area contributed by atoms with Crippen molar-refractivity contribution >= 4 is 40.1 Å². The van der Waals surface area contributed by atoms with Crippen LogP contribution in [0.25, 0.3) is 17.1 Å². The monoisotopic (exact) mass is 367 g/mol. The van der Waals surface area contributed by atoms with Crippen molar-refractivity contribution in [1.29, 1.82) is 0 Å². The summed E-state index contributed by atoms with van der Waals surface area (Å²) in [5.74, 6) is 0. The van der Waals surface area contributed by atoms with Gasteiger partial charge in [0.05, 0.1) is 18.5 Å². The lowest BCUT2D eigenvalue weighted by Gasteiger charge is -2.09. The van der Waals surface area contributed by atoms with Crippen molar-refractivity contribution in [1.82, 2.24) is 20.3 Å². The molecule has 3 heterocycles. The van der Waals surface area contributed by atoms with Crippen molar-refractivity contribution in [2.75, 3.05) is 26.0 Å². The average molecular weight is 367 g/mol. The molecule has 0 saturated heterocycles. The van der Waals surface area contributed by atoms with Crippen LogP contribution in [0.1, 0.15) is 11.1 Å². The van der Waals surface area contributed by atoms with Gasteiger partial charge in [-0.1, -0.05) is 0 Å². The zero-order chi connectivity index (χ0) is 18.4. The van der Waals surface area contributed by atoms with Crippen LogP contribution in [0.15, 0.2) is 48.7 Å². The lowest BCUT2D eigenvalue weighted by Crippen LogP contribution is -2.15. The van der Waals surface area contributed by atoms with Gasteiger partial charge in [-0.2, -0.15) is 0 Å². The standard InChI is InChI=1S/C19H21N5OS/c1-20-17(19(26)25-2)9-14-8-16(12-21-10-14)22-5-3-13-7-15-4-6-23-18(15)24-11-13/h4,6-12,20,22H,3,5H2,1-2H3,(H,23,24)/b17-9-. The first-order chi connectivity index (χ1) is 12.7. The molecule has 0 fully saturated rings. The van der Waals surface area contributed by atoms with E-state index in [0.29, 0.717) is 5.05 Å². The Bertz CT molecular complexity index is 934. The first-order valence-electron chi connectivity index (χ1n) is 8.28. The van der Waals surface area contributed by atoms with Crippen LogP contribution in [0.5, 0.6) is 0 Å². The summed E-state index contributed by atoms with van der Waals surface area (Å²) in [4.78, 5) is 11.8. The number of thiocarbonyl (C=S) groups is 1. The minimum atomic E-state index is 0.415. The molecule has 0 amide bonds. The van der Waals surface area contributed by atoms with Gasteiger partial charge in [-0.25, -0.2) is 4.98 Å². The second-order valence-corrected chi connectivity index (χ2v) is 6.11. The van der Waals surface area contributed by atoms with Crippen molar-refractivity contribution in [3.63, 3.8) is 0 Å². The van der Waals surface area contributed by atoms with E-state index < -0.39 is 0 Å². The number of methoxy groups -OCH3 is 1. The molecule has 0 unspecified atom stereocenters. The number of nitrogens with one attached hydrogen (secondary N) is 3. The number of anilines is 1. The van der Waals surface area contributed by atoms with E-state index in [1.165, 1.54) is 5.56 Å². The van der Waals surface area contributed by atoms with Gasteiger partial charge in [0.25, 0.3) is 0 Å².